The van der Waals surface area contributed by atoms with E-state index < -0.39 is 5.95 Å². The topological polar surface area (TPSA) is 32.3 Å². The molecule has 7 aromatic rings. The van der Waals surface area contributed by atoms with Gasteiger partial charge in [-0.15, -0.1) is 0 Å². The van der Waals surface area contributed by atoms with Gasteiger partial charge in [0.2, 0.25) is 5.95 Å². The summed E-state index contributed by atoms with van der Waals surface area (Å²) in [5.41, 5.74) is 8.26. The zero-order valence-electron chi connectivity index (χ0n) is 24.4. The molecule has 0 fully saturated rings. The molecular weight excluding hydrogens is 555 g/mol. The molecule has 0 saturated carbocycles. The van der Waals surface area contributed by atoms with E-state index in [0.29, 0.717) is 11.3 Å². The Bertz CT molecular complexity index is 1900. The van der Waals surface area contributed by atoms with Gasteiger partial charge in [-0.3, -0.25) is 0 Å². The third-order valence-corrected chi connectivity index (χ3v) is 7.61. The molecule has 0 amide bonds. The lowest BCUT2D eigenvalue weighted by atomic mass is 10.1. The second-order valence-electron chi connectivity index (χ2n) is 10.5. The summed E-state index contributed by atoms with van der Waals surface area (Å²) >= 11 is 0. The van der Waals surface area contributed by atoms with Crippen molar-refractivity contribution in [2.45, 2.75) is 0 Å². The Kier molecular flexibility index (Phi) is 7.80. The number of hydrogen-bond acceptors (Lipinski definition) is 4. The van der Waals surface area contributed by atoms with Gasteiger partial charge in [-0.1, -0.05) is 97.1 Å². The van der Waals surface area contributed by atoms with E-state index in [1.165, 1.54) is 0 Å². The maximum absolute atomic E-state index is 15.5. The van der Waals surface area contributed by atoms with Crippen LogP contribution in [0, 0.1) is 5.95 Å². The molecule has 0 aliphatic carbocycles. The number of benzene rings is 6. The van der Waals surface area contributed by atoms with E-state index in [2.05, 4.69) is 68.3 Å². The Morgan fingerprint density at radius 1 is 0.378 bits per heavy atom. The first-order valence-electron chi connectivity index (χ1n) is 14.8. The number of para-hydroxylation sites is 4. The first kappa shape index (κ1) is 27.7. The van der Waals surface area contributed by atoms with Crippen molar-refractivity contribution in [1.29, 1.82) is 0 Å². The molecule has 0 spiro atoms. The molecule has 5 heteroatoms. The van der Waals surface area contributed by atoms with Gasteiger partial charge in [-0.05, 0) is 72.8 Å². The third kappa shape index (κ3) is 5.92. The Labute approximate surface area is 262 Å². The van der Waals surface area contributed by atoms with Crippen LogP contribution in [0.15, 0.2) is 176 Å². The van der Waals surface area contributed by atoms with Crippen molar-refractivity contribution in [3.8, 4) is 22.5 Å². The van der Waals surface area contributed by atoms with Crippen LogP contribution in [0.5, 0.6) is 0 Å². The highest BCUT2D eigenvalue weighted by Crippen LogP contribution is 2.37. The van der Waals surface area contributed by atoms with E-state index in [1.807, 2.05) is 121 Å². The van der Waals surface area contributed by atoms with E-state index in [4.69, 9.17) is 0 Å². The third-order valence-electron chi connectivity index (χ3n) is 7.61. The summed E-state index contributed by atoms with van der Waals surface area (Å²) in [4.78, 5) is 13.2. The van der Waals surface area contributed by atoms with Crippen molar-refractivity contribution in [2.24, 2.45) is 0 Å². The highest BCUT2D eigenvalue weighted by molar-refractivity contribution is 5.79. The maximum atomic E-state index is 15.5. The monoisotopic (exact) mass is 584 g/mol. The summed E-state index contributed by atoms with van der Waals surface area (Å²) < 4.78 is 15.5. The summed E-state index contributed by atoms with van der Waals surface area (Å²) in [5.74, 6) is -0.609. The lowest BCUT2D eigenvalue weighted by molar-refractivity contribution is 0.583. The maximum Gasteiger partial charge on any atom is 0.239 e. The zero-order chi connectivity index (χ0) is 30.4. The van der Waals surface area contributed by atoms with Crippen molar-refractivity contribution in [3.63, 3.8) is 0 Å². The lowest BCUT2D eigenvalue weighted by Crippen LogP contribution is -2.09. The molecule has 216 valence electrons. The second kappa shape index (κ2) is 12.7. The van der Waals surface area contributed by atoms with Crippen LogP contribution in [0.2, 0.25) is 0 Å². The lowest BCUT2D eigenvalue weighted by Gasteiger charge is -2.25. The molecule has 0 radical (unpaired) electrons. The van der Waals surface area contributed by atoms with Crippen molar-refractivity contribution < 1.29 is 4.39 Å². The number of aromatic nitrogens is 2. The van der Waals surface area contributed by atoms with Crippen molar-refractivity contribution in [1.82, 2.24) is 9.97 Å². The number of hydrogen-bond donors (Lipinski definition) is 0. The molecule has 4 nitrogen and oxygen atoms in total. The van der Waals surface area contributed by atoms with Crippen LogP contribution in [0.1, 0.15) is 0 Å². The highest BCUT2D eigenvalue weighted by Gasteiger charge is 2.16. The molecule has 45 heavy (non-hydrogen) atoms. The summed E-state index contributed by atoms with van der Waals surface area (Å²) in [5, 5.41) is 0. The molecule has 0 atom stereocenters. The first-order chi connectivity index (χ1) is 22.2. The Balaban J connectivity index is 1.15. The first-order valence-corrected chi connectivity index (χ1v) is 14.8. The summed E-state index contributed by atoms with van der Waals surface area (Å²) in [7, 11) is 0. The van der Waals surface area contributed by atoms with Crippen molar-refractivity contribution in [3.05, 3.63) is 182 Å². The smallest absolute Gasteiger partial charge is 0.239 e. The van der Waals surface area contributed by atoms with Crippen molar-refractivity contribution in [2.75, 3.05) is 9.80 Å². The average Bonchev–Trinajstić information content (AvgIpc) is 3.11. The van der Waals surface area contributed by atoms with Gasteiger partial charge in [0, 0.05) is 45.3 Å². The number of anilines is 6. The minimum absolute atomic E-state index is 0.215. The average molecular weight is 585 g/mol. The second-order valence-corrected chi connectivity index (χ2v) is 10.5. The van der Waals surface area contributed by atoms with Gasteiger partial charge >= 0.3 is 0 Å². The van der Waals surface area contributed by atoms with Gasteiger partial charge in [0.15, 0.2) is 0 Å². The standard InChI is InChI=1S/C40H29FN4/c41-40-39(31-23-27-37(28-24-31)45(34-17-9-3-10-18-34)35-19-11-4-12-20-35)42-29-38(43-40)30-21-25-36(26-22-30)44(32-13-5-1-6-14-32)33-15-7-2-8-16-33/h1-29H. The van der Waals surface area contributed by atoms with Gasteiger partial charge in [-0.25, -0.2) is 9.97 Å². The van der Waals surface area contributed by atoms with Crippen LogP contribution in [0.25, 0.3) is 22.5 Å². The Hall–Kier alpha value is -6.07. The highest BCUT2D eigenvalue weighted by atomic mass is 19.1. The van der Waals surface area contributed by atoms with Gasteiger partial charge in [0.1, 0.15) is 5.69 Å². The molecule has 1 heterocycles. The molecule has 6 aromatic carbocycles. The van der Waals surface area contributed by atoms with E-state index in [0.717, 1.165) is 39.7 Å². The predicted molar refractivity (Wildman–Crippen MR) is 182 cm³/mol. The zero-order valence-corrected chi connectivity index (χ0v) is 24.4. The van der Waals surface area contributed by atoms with E-state index >= 15 is 4.39 Å². The molecule has 0 saturated heterocycles. The van der Waals surface area contributed by atoms with E-state index in [9.17, 15) is 0 Å². The normalized spacial score (nSPS) is 10.8. The SMILES string of the molecule is Fc1nc(-c2ccc(N(c3ccccc3)c3ccccc3)cc2)cnc1-c1ccc(N(c2ccccc2)c2ccccc2)cc1. The summed E-state index contributed by atoms with van der Waals surface area (Å²) in [6.45, 7) is 0. The van der Waals surface area contributed by atoms with Crippen LogP contribution >= 0.6 is 0 Å². The molecule has 0 unspecified atom stereocenters. The molecule has 0 aliphatic rings. The van der Waals surface area contributed by atoms with Gasteiger partial charge < -0.3 is 9.80 Å². The number of rotatable bonds is 8. The van der Waals surface area contributed by atoms with E-state index in [-0.39, 0.29) is 5.69 Å². The fourth-order valence-corrected chi connectivity index (χ4v) is 5.45. The van der Waals surface area contributed by atoms with Crippen LogP contribution in [-0.4, -0.2) is 9.97 Å². The fraction of sp³-hybridized carbons (Fsp3) is 0. The molecule has 7 rings (SSSR count). The van der Waals surface area contributed by atoms with Crippen LogP contribution in [-0.2, 0) is 0 Å². The van der Waals surface area contributed by atoms with Crippen LogP contribution in [0.3, 0.4) is 0 Å². The fourth-order valence-electron chi connectivity index (χ4n) is 5.45. The molecule has 0 N–H and O–H groups in total. The van der Waals surface area contributed by atoms with Gasteiger partial charge in [-0.2, -0.15) is 4.39 Å². The van der Waals surface area contributed by atoms with Gasteiger partial charge in [0.25, 0.3) is 0 Å². The van der Waals surface area contributed by atoms with E-state index in [1.54, 1.807) is 6.20 Å². The minimum Gasteiger partial charge on any atom is -0.311 e. The molecular formula is C40H29FN4. The van der Waals surface area contributed by atoms with Crippen LogP contribution < -0.4 is 9.80 Å². The molecule has 0 bridgehead atoms. The molecule has 0 aliphatic heterocycles. The minimum atomic E-state index is -0.609. The van der Waals surface area contributed by atoms with Crippen LogP contribution in [0.4, 0.5) is 38.5 Å². The number of nitrogens with zero attached hydrogens (tertiary/aromatic N) is 4. The summed E-state index contributed by atoms with van der Waals surface area (Å²) in [6, 6.07) is 56.4. The summed E-state index contributed by atoms with van der Waals surface area (Å²) in [6.07, 6.45) is 1.63. The Morgan fingerprint density at radius 3 is 1.07 bits per heavy atom. The van der Waals surface area contributed by atoms with Gasteiger partial charge in [0.05, 0.1) is 11.9 Å². The number of halogens is 1. The predicted octanol–water partition coefficient (Wildman–Crippen LogP) is 10.9. The molecule has 1 aromatic heterocycles. The Morgan fingerprint density at radius 2 is 0.711 bits per heavy atom. The van der Waals surface area contributed by atoms with Crippen molar-refractivity contribution >= 4 is 34.1 Å². The quantitative estimate of drug-likeness (QED) is 0.178. The largest absolute Gasteiger partial charge is 0.311 e.